The first kappa shape index (κ1) is 13.5. The van der Waals surface area contributed by atoms with Gasteiger partial charge in [0.05, 0.1) is 6.20 Å². The molecule has 0 unspecified atom stereocenters. The first-order valence-corrected chi connectivity index (χ1v) is 7.61. The van der Waals surface area contributed by atoms with E-state index in [2.05, 4.69) is 29.3 Å². The third kappa shape index (κ3) is 2.55. The number of anilines is 1. The Bertz CT molecular complexity index is 598. The van der Waals surface area contributed by atoms with Gasteiger partial charge in [-0.25, -0.2) is 0 Å². The third-order valence-electron chi connectivity index (χ3n) is 4.44. The number of nitrogens with one attached hydrogen (secondary N) is 1. The van der Waals surface area contributed by atoms with E-state index < -0.39 is 0 Å². The Labute approximate surface area is 124 Å². The van der Waals surface area contributed by atoms with Gasteiger partial charge < -0.3 is 5.73 Å². The van der Waals surface area contributed by atoms with E-state index in [0.29, 0.717) is 11.7 Å². The summed E-state index contributed by atoms with van der Waals surface area (Å²) < 4.78 is 0. The smallest absolute Gasteiger partial charge is 0.126 e. The van der Waals surface area contributed by atoms with E-state index in [1.807, 2.05) is 6.07 Å². The Morgan fingerprint density at radius 3 is 2.60 bits per heavy atom. The molecule has 1 aliphatic rings. The molecule has 4 heteroatoms. The summed E-state index contributed by atoms with van der Waals surface area (Å²) in [6.45, 7) is 2.34. The zero-order valence-electron chi connectivity index (χ0n) is 11.7. The summed E-state index contributed by atoms with van der Waals surface area (Å²) in [7, 11) is 0. The highest BCUT2D eigenvalue weighted by molar-refractivity contribution is 6.31. The minimum absolute atomic E-state index is 0.584. The van der Waals surface area contributed by atoms with E-state index >= 15 is 0 Å². The molecule has 1 heterocycles. The Morgan fingerprint density at radius 2 is 2.00 bits per heavy atom. The van der Waals surface area contributed by atoms with Gasteiger partial charge in [-0.15, -0.1) is 0 Å². The van der Waals surface area contributed by atoms with Crippen LogP contribution in [0.25, 0.3) is 11.1 Å². The molecule has 3 rings (SSSR count). The number of halogens is 1. The number of hydrogen-bond acceptors (Lipinski definition) is 2. The number of aromatic amines is 1. The molecular weight excluding hydrogens is 270 g/mol. The van der Waals surface area contributed by atoms with Gasteiger partial charge >= 0.3 is 0 Å². The molecule has 20 heavy (non-hydrogen) atoms. The molecule has 1 aliphatic carbocycles. The Morgan fingerprint density at radius 1 is 1.25 bits per heavy atom. The second kappa shape index (κ2) is 5.49. The number of nitrogen functional groups attached to an aromatic ring is 1. The zero-order chi connectivity index (χ0) is 14.1. The van der Waals surface area contributed by atoms with Gasteiger partial charge in [0.25, 0.3) is 0 Å². The number of H-pyrrole nitrogens is 1. The summed E-state index contributed by atoms with van der Waals surface area (Å²) in [4.78, 5) is 0. The van der Waals surface area contributed by atoms with Crippen LogP contribution in [0.3, 0.4) is 0 Å². The summed E-state index contributed by atoms with van der Waals surface area (Å²) in [6, 6.07) is 6.27. The minimum Gasteiger partial charge on any atom is -0.384 e. The van der Waals surface area contributed by atoms with Crippen molar-refractivity contribution in [2.75, 3.05) is 5.73 Å². The Hall–Kier alpha value is -1.48. The predicted molar refractivity (Wildman–Crippen MR) is 83.8 cm³/mol. The molecule has 0 aliphatic heterocycles. The molecule has 3 nitrogen and oxygen atoms in total. The molecule has 0 amide bonds. The summed E-state index contributed by atoms with van der Waals surface area (Å²) in [6.07, 6.45) is 6.83. The highest BCUT2D eigenvalue weighted by Gasteiger charge is 2.21. The van der Waals surface area contributed by atoms with Crippen LogP contribution in [0.5, 0.6) is 0 Å². The van der Waals surface area contributed by atoms with Gasteiger partial charge in [0.2, 0.25) is 0 Å². The highest BCUT2D eigenvalue weighted by atomic mass is 35.5. The Balaban J connectivity index is 1.86. The summed E-state index contributed by atoms with van der Waals surface area (Å²) in [5, 5.41) is 7.56. The third-order valence-corrected chi connectivity index (χ3v) is 4.76. The van der Waals surface area contributed by atoms with Crippen molar-refractivity contribution in [2.45, 2.75) is 38.5 Å². The van der Waals surface area contributed by atoms with Gasteiger partial charge in [-0.1, -0.05) is 43.5 Å². The molecule has 1 aromatic carbocycles. The normalized spacial score (nSPS) is 22.9. The van der Waals surface area contributed by atoms with Gasteiger partial charge in [-0.3, -0.25) is 5.10 Å². The largest absolute Gasteiger partial charge is 0.384 e. The van der Waals surface area contributed by atoms with E-state index in [1.54, 1.807) is 6.20 Å². The van der Waals surface area contributed by atoms with E-state index in [1.165, 1.54) is 31.2 Å². The van der Waals surface area contributed by atoms with Gasteiger partial charge in [0.1, 0.15) is 5.82 Å². The van der Waals surface area contributed by atoms with Gasteiger partial charge in [-0.2, -0.15) is 5.10 Å². The van der Waals surface area contributed by atoms with Crippen molar-refractivity contribution in [3.8, 4) is 11.1 Å². The molecule has 0 spiro atoms. The maximum absolute atomic E-state index is 6.50. The van der Waals surface area contributed by atoms with Crippen LogP contribution < -0.4 is 5.73 Å². The average molecular weight is 290 g/mol. The van der Waals surface area contributed by atoms with Crippen LogP contribution in [0.1, 0.15) is 44.1 Å². The molecule has 1 fully saturated rings. The number of benzene rings is 1. The monoisotopic (exact) mass is 289 g/mol. The number of nitrogens with zero attached hydrogens (tertiary/aromatic N) is 1. The quantitative estimate of drug-likeness (QED) is 0.848. The van der Waals surface area contributed by atoms with Crippen molar-refractivity contribution < 1.29 is 0 Å². The number of aromatic nitrogens is 2. The van der Waals surface area contributed by atoms with Gasteiger partial charge in [-0.05, 0) is 41.9 Å². The molecule has 3 N–H and O–H groups in total. The SMILES string of the molecule is CC1CCC(c2ccc(-c3cn[nH]c3N)cc2Cl)CC1. The van der Waals surface area contributed by atoms with Gasteiger partial charge in [0, 0.05) is 10.6 Å². The van der Waals surface area contributed by atoms with Crippen molar-refractivity contribution in [2.24, 2.45) is 5.92 Å². The predicted octanol–water partition coefficient (Wildman–Crippen LogP) is 4.61. The zero-order valence-corrected chi connectivity index (χ0v) is 12.5. The topological polar surface area (TPSA) is 54.7 Å². The molecule has 0 radical (unpaired) electrons. The van der Waals surface area contributed by atoms with E-state index in [9.17, 15) is 0 Å². The maximum Gasteiger partial charge on any atom is 0.126 e. The molecule has 0 saturated heterocycles. The standard InChI is InChI=1S/C16H20ClN3/c1-10-2-4-11(5-3-10)13-7-6-12(8-15(13)17)14-9-19-20-16(14)18/h6-11H,2-5H2,1H3,(H3,18,19,20). The van der Waals surface area contributed by atoms with Crippen LogP contribution in [-0.2, 0) is 0 Å². The molecule has 2 aromatic rings. The lowest BCUT2D eigenvalue weighted by molar-refractivity contribution is 0.348. The molecule has 1 saturated carbocycles. The van der Waals surface area contributed by atoms with Crippen LogP contribution >= 0.6 is 11.6 Å². The number of hydrogen-bond donors (Lipinski definition) is 2. The summed E-state index contributed by atoms with van der Waals surface area (Å²) >= 11 is 6.50. The number of nitrogens with two attached hydrogens (primary N) is 1. The summed E-state index contributed by atoms with van der Waals surface area (Å²) in [5.74, 6) is 2.05. The average Bonchev–Trinajstić information content (AvgIpc) is 2.86. The fourth-order valence-electron chi connectivity index (χ4n) is 3.12. The number of rotatable bonds is 2. The van der Waals surface area contributed by atoms with Crippen molar-refractivity contribution in [3.05, 3.63) is 35.0 Å². The van der Waals surface area contributed by atoms with Crippen LogP contribution in [-0.4, -0.2) is 10.2 Å². The molecule has 106 valence electrons. The highest BCUT2D eigenvalue weighted by Crippen LogP contribution is 2.39. The Kier molecular flexibility index (Phi) is 3.70. The van der Waals surface area contributed by atoms with Crippen molar-refractivity contribution in [1.82, 2.24) is 10.2 Å². The van der Waals surface area contributed by atoms with Crippen LogP contribution in [0, 0.1) is 5.92 Å². The second-order valence-corrected chi connectivity index (χ2v) is 6.30. The lowest BCUT2D eigenvalue weighted by atomic mass is 9.79. The van der Waals surface area contributed by atoms with E-state index in [4.69, 9.17) is 17.3 Å². The van der Waals surface area contributed by atoms with Crippen molar-refractivity contribution >= 4 is 17.4 Å². The molecule has 0 bridgehead atoms. The van der Waals surface area contributed by atoms with Crippen LogP contribution in [0.15, 0.2) is 24.4 Å². The van der Waals surface area contributed by atoms with E-state index in [-0.39, 0.29) is 0 Å². The van der Waals surface area contributed by atoms with E-state index in [0.717, 1.165) is 22.1 Å². The van der Waals surface area contributed by atoms with Crippen molar-refractivity contribution in [1.29, 1.82) is 0 Å². The van der Waals surface area contributed by atoms with Crippen LogP contribution in [0.4, 0.5) is 5.82 Å². The second-order valence-electron chi connectivity index (χ2n) is 5.89. The van der Waals surface area contributed by atoms with Crippen LogP contribution in [0.2, 0.25) is 5.02 Å². The maximum atomic E-state index is 6.50. The summed E-state index contributed by atoms with van der Waals surface area (Å²) in [5.41, 5.74) is 9.07. The van der Waals surface area contributed by atoms with Gasteiger partial charge in [0.15, 0.2) is 0 Å². The first-order valence-electron chi connectivity index (χ1n) is 7.24. The fourth-order valence-corrected chi connectivity index (χ4v) is 3.46. The minimum atomic E-state index is 0.584. The molecular formula is C16H20ClN3. The lowest BCUT2D eigenvalue weighted by Crippen LogP contribution is -2.11. The molecule has 1 aromatic heterocycles. The first-order chi connectivity index (χ1) is 9.65. The van der Waals surface area contributed by atoms with Crippen molar-refractivity contribution in [3.63, 3.8) is 0 Å². The molecule has 0 atom stereocenters. The lowest BCUT2D eigenvalue weighted by Gasteiger charge is -2.27. The fraction of sp³-hybridized carbons (Fsp3) is 0.438.